The van der Waals surface area contributed by atoms with Crippen molar-refractivity contribution in [2.75, 3.05) is 20.3 Å². The zero-order valence-electron chi connectivity index (χ0n) is 15.7. The molecule has 0 amide bonds. The van der Waals surface area contributed by atoms with Crippen LogP contribution in [0.15, 0.2) is 47.5 Å². The Bertz CT molecular complexity index is 904. The van der Waals surface area contributed by atoms with Gasteiger partial charge in [-0.25, -0.2) is 4.79 Å². The Morgan fingerprint density at radius 3 is 2.64 bits per heavy atom. The highest BCUT2D eigenvalue weighted by molar-refractivity contribution is 9.10. The second-order valence-electron chi connectivity index (χ2n) is 5.57. The van der Waals surface area contributed by atoms with Crippen LogP contribution in [0.2, 0.25) is 0 Å². The number of halogens is 1. The van der Waals surface area contributed by atoms with Crippen LogP contribution in [0.3, 0.4) is 0 Å². The lowest BCUT2D eigenvalue weighted by molar-refractivity contribution is -0.136. The molecule has 0 heterocycles. The third kappa shape index (κ3) is 5.51. The maximum atomic E-state index is 12.3. The van der Waals surface area contributed by atoms with Crippen molar-refractivity contribution in [3.8, 4) is 29.1 Å². The first-order valence-corrected chi connectivity index (χ1v) is 9.29. The first-order valence-electron chi connectivity index (χ1n) is 8.50. The molecule has 0 N–H and O–H groups in total. The Labute approximate surface area is 172 Å². The van der Waals surface area contributed by atoms with Crippen LogP contribution in [0, 0.1) is 11.3 Å². The van der Waals surface area contributed by atoms with Gasteiger partial charge in [0.15, 0.2) is 29.6 Å². The Kier molecular flexibility index (Phi) is 7.90. The summed E-state index contributed by atoms with van der Waals surface area (Å²) in [5, 5.41) is 9.07. The Morgan fingerprint density at radius 1 is 1.21 bits per heavy atom. The Morgan fingerprint density at radius 2 is 2.00 bits per heavy atom. The molecule has 0 fully saturated rings. The van der Waals surface area contributed by atoms with E-state index in [1.54, 1.807) is 25.1 Å². The molecule has 6 nitrogen and oxygen atoms in total. The highest BCUT2D eigenvalue weighted by Gasteiger charge is 2.17. The van der Waals surface area contributed by atoms with Gasteiger partial charge in [0, 0.05) is 6.07 Å². The topological polar surface area (TPSA) is 77.8 Å². The third-order valence-electron chi connectivity index (χ3n) is 3.61. The number of carbonyl (C=O) groups excluding carboxylic acids is 1. The number of hydrogen-bond acceptors (Lipinski definition) is 6. The molecule has 0 atom stereocenters. The van der Waals surface area contributed by atoms with Crippen molar-refractivity contribution in [2.45, 2.75) is 13.3 Å². The molecule has 0 saturated heterocycles. The fourth-order valence-corrected chi connectivity index (χ4v) is 2.92. The fraction of sp³-hybridized carbons (Fsp3) is 0.238. The predicted molar refractivity (Wildman–Crippen MR) is 108 cm³/mol. The number of hydrogen-bond donors (Lipinski definition) is 0. The number of nitrogens with zero attached hydrogens (tertiary/aromatic N) is 1. The summed E-state index contributed by atoms with van der Waals surface area (Å²) in [6, 6.07) is 10.5. The van der Waals surface area contributed by atoms with E-state index < -0.39 is 5.97 Å². The summed E-state index contributed by atoms with van der Waals surface area (Å²) in [4.78, 5) is 12.3. The van der Waals surface area contributed by atoms with E-state index in [2.05, 4.69) is 22.5 Å². The van der Waals surface area contributed by atoms with Crippen molar-refractivity contribution in [3.63, 3.8) is 0 Å². The maximum absolute atomic E-state index is 12.3. The SMILES string of the molecule is C=CCc1ccc(OCC(=O)Oc2c(Br)cc(C#N)cc2OCC)c(OC)c1. The fourth-order valence-electron chi connectivity index (χ4n) is 2.40. The summed E-state index contributed by atoms with van der Waals surface area (Å²) >= 11 is 3.30. The minimum absolute atomic E-state index is 0.197. The lowest BCUT2D eigenvalue weighted by Gasteiger charge is -2.14. The van der Waals surface area contributed by atoms with Crippen LogP contribution in [0.1, 0.15) is 18.1 Å². The quantitative estimate of drug-likeness (QED) is 0.322. The molecule has 0 aliphatic heterocycles. The van der Waals surface area contributed by atoms with Crippen molar-refractivity contribution in [1.82, 2.24) is 0 Å². The first kappa shape index (κ1) is 21.3. The molecule has 0 saturated carbocycles. The number of benzene rings is 2. The minimum atomic E-state index is -0.622. The van der Waals surface area contributed by atoms with E-state index in [-0.39, 0.29) is 12.4 Å². The lowest BCUT2D eigenvalue weighted by Crippen LogP contribution is -2.18. The number of nitriles is 1. The van der Waals surface area contributed by atoms with Crippen LogP contribution in [0.4, 0.5) is 0 Å². The minimum Gasteiger partial charge on any atom is -0.493 e. The number of allylic oxidation sites excluding steroid dienone is 1. The zero-order chi connectivity index (χ0) is 20.5. The average Bonchev–Trinajstić information content (AvgIpc) is 2.69. The van der Waals surface area contributed by atoms with Crippen LogP contribution in [0.5, 0.6) is 23.0 Å². The van der Waals surface area contributed by atoms with Gasteiger partial charge >= 0.3 is 5.97 Å². The number of esters is 1. The van der Waals surface area contributed by atoms with Crippen LogP contribution < -0.4 is 18.9 Å². The van der Waals surface area contributed by atoms with Gasteiger partial charge in [0.25, 0.3) is 0 Å². The van der Waals surface area contributed by atoms with Crippen molar-refractivity contribution < 1.29 is 23.7 Å². The van der Waals surface area contributed by atoms with Gasteiger partial charge in [-0.1, -0.05) is 12.1 Å². The van der Waals surface area contributed by atoms with E-state index >= 15 is 0 Å². The maximum Gasteiger partial charge on any atom is 0.349 e. The van der Waals surface area contributed by atoms with Crippen molar-refractivity contribution >= 4 is 21.9 Å². The Balaban J connectivity index is 2.11. The second-order valence-corrected chi connectivity index (χ2v) is 6.43. The highest BCUT2D eigenvalue weighted by Crippen LogP contribution is 2.37. The molecule has 2 aromatic rings. The largest absolute Gasteiger partial charge is 0.493 e. The van der Waals surface area contributed by atoms with Crippen molar-refractivity contribution in [3.05, 3.63) is 58.6 Å². The smallest absolute Gasteiger partial charge is 0.349 e. The van der Waals surface area contributed by atoms with Gasteiger partial charge in [0.1, 0.15) is 0 Å². The molecule has 0 bridgehead atoms. The number of carbonyl (C=O) groups is 1. The van der Waals surface area contributed by atoms with Gasteiger partial charge in [0.2, 0.25) is 0 Å². The molecule has 0 aliphatic carbocycles. The molecule has 0 aromatic heterocycles. The summed E-state index contributed by atoms with van der Waals surface area (Å²) in [7, 11) is 1.53. The van der Waals surface area contributed by atoms with E-state index in [1.165, 1.54) is 13.2 Å². The molecule has 28 heavy (non-hydrogen) atoms. The molecule has 0 aliphatic rings. The molecule has 0 spiro atoms. The monoisotopic (exact) mass is 445 g/mol. The number of methoxy groups -OCH3 is 1. The standard InChI is InChI=1S/C21H20BrNO5/c1-4-6-14-7-8-17(18(10-14)25-3)27-13-20(24)28-21-16(22)9-15(12-23)11-19(21)26-5-2/h4,7-11H,1,5-6,13H2,2-3H3. The van der Waals surface area contributed by atoms with Crippen LogP contribution in [0.25, 0.3) is 0 Å². The average molecular weight is 446 g/mol. The molecule has 0 unspecified atom stereocenters. The lowest BCUT2D eigenvalue weighted by atomic mass is 10.1. The van der Waals surface area contributed by atoms with Crippen LogP contribution >= 0.6 is 15.9 Å². The summed E-state index contributed by atoms with van der Waals surface area (Å²) in [5.41, 5.74) is 1.40. The predicted octanol–water partition coefficient (Wildman–Crippen LogP) is 4.44. The van der Waals surface area contributed by atoms with Gasteiger partial charge in [-0.05, 0) is 53.0 Å². The summed E-state index contributed by atoms with van der Waals surface area (Å²) in [6.45, 7) is 5.54. The van der Waals surface area contributed by atoms with Crippen molar-refractivity contribution in [2.24, 2.45) is 0 Å². The van der Waals surface area contributed by atoms with Gasteiger partial charge in [-0.2, -0.15) is 5.26 Å². The summed E-state index contributed by atoms with van der Waals surface area (Å²) in [5.74, 6) is 0.817. The van der Waals surface area contributed by atoms with Crippen LogP contribution in [-0.2, 0) is 11.2 Å². The molecule has 0 radical (unpaired) electrons. The van der Waals surface area contributed by atoms with Gasteiger partial charge in [-0.3, -0.25) is 0 Å². The molecule has 2 aromatic carbocycles. The van der Waals surface area contributed by atoms with Gasteiger partial charge in [-0.15, -0.1) is 6.58 Å². The molecular weight excluding hydrogens is 426 g/mol. The first-order chi connectivity index (χ1) is 13.5. The molecule has 7 heteroatoms. The second kappa shape index (κ2) is 10.4. The third-order valence-corrected chi connectivity index (χ3v) is 4.20. The summed E-state index contributed by atoms with van der Waals surface area (Å²) in [6.07, 6.45) is 2.49. The van der Waals surface area contributed by atoms with E-state index in [0.717, 1.165) is 5.56 Å². The highest BCUT2D eigenvalue weighted by atomic mass is 79.9. The summed E-state index contributed by atoms with van der Waals surface area (Å²) < 4.78 is 22.2. The van der Waals surface area contributed by atoms with Crippen LogP contribution in [-0.4, -0.2) is 26.3 Å². The van der Waals surface area contributed by atoms with Crippen molar-refractivity contribution in [1.29, 1.82) is 5.26 Å². The van der Waals surface area contributed by atoms with E-state index in [4.69, 9.17) is 24.2 Å². The Hall–Kier alpha value is -2.98. The van der Waals surface area contributed by atoms with E-state index in [9.17, 15) is 4.79 Å². The molecular formula is C21H20BrNO5. The normalized spacial score (nSPS) is 9.93. The molecule has 2 rings (SSSR count). The number of rotatable bonds is 9. The zero-order valence-corrected chi connectivity index (χ0v) is 17.2. The molecule has 146 valence electrons. The van der Waals surface area contributed by atoms with E-state index in [0.29, 0.717) is 40.3 Å². The number of ether oxygens (including phenoxy) is 4. The van der Waals surface area contributed by atoms with E-state index in [1.807, 2.05) is 18.2 Å². The van der Waals surface area contributed by atoms with Gasteiger partial charge in [0.05, 0.1) is 29.8 Å². The van der Waals surface area contributed by atoms with Gasteiger partial charge < -0.3 is 18.9 Å².